The first-order valence-corrected chi connectivity index (χ1v) is 9.98. The van der Waals surface area contributed by atoms with Crippen LogP contribution >= 0.6 is 0 Å². The molecule has 0 atom stereocenters. The Balaban J connectivity index is 2.06. The zero-order chi connectivity index (χ0) is 24.5. The fourth-order valence-electron chi connectivity index (χ4n) is 3.41. The lowest BCUT2D eigenvalue weighted by atomic mass is 9.95. The highest BCUT2D eigenvalue weighted by Crippen LogP contribution is 2.36. The number of nitrogens with zero attached hydrogens (tertiary/aromatic N) is 2. The lowest BCUT2D eigenvalue weighted by Crippen LogP contribution is -2.45. The molecule has 1 saturated heterocycles. The number of rotatable bonds is 3. The van der Waals surface area contributed by atoms with Crippen LogP contribution < -0.4 is 0 Å². The topological polar surface area (TPSA) is 49.9 Å². The molecule has 0 N–H and O–H groups in total. The van der Waals surface area contributed by atoms with Gasteiger partial charge in [-0.3, -0.25) is 4.79 Å². The van der Waals surface area contributed by atoms with Crippen molar-refractivity contribution >= 4 is 12.0 Å². The Hall–Kier alpha value is -2.46. The minimum Gasteiger partial charge on any atom is -0.444 e. The van der Waals surface area contributed by atoms with Crippen LogP contribution in [0.1, 0.15) is 50.3 Å². The summed E-state index contributed by atoms with van der Waals surface area (Å²) in [7, 11) is 1.33. The number of hydrogen-bond acceptors (Lipinski definition) is 3. The van der Waals surface area contributed by atoms with Gasteiger partial charge in [0.1, 0.15) is 5.60 Å². The Morgan fingerprint density at radius 1 is 0.969 bits per heavy atom. The van der Waals surface area contributed by atoms with Crippen molar-refractivity contribution in [1.82, 2.24) is 9.80 Å². The summed E-state index contributed by atoms with van der Waals surface area (Å²) in [5, 5.41) is 0. The van der Waals surface area contributed by atoms with E-state index in [1.54, 1.807) is 20.8 Å². The van der Waals surface area contributed by atoms with E-state index < -0.39 is 53.5 Å². The maximum atomic E-state index is 13.0. The number of alkyl halides is 6. The van der Waals surface area contributed by atoms with Crippen molar-refractivity contribution in [3.05, 3.63) is 34.9 Å². The molecule has 180 valence electrons. The fraction of sp³-hybridized carbons (Fsp3) is 0.619. The molecular formula is C21H26F6N2O3. The Morgan fingerprint density at radius 2 is 1.44 bits per heavy atom. The Bertz CT molecular complexity index is 805. The van der Waals surface area contributed by atoms with Crippen LogP contribution in [0.5, 0.6) is 0 Å². The summed E-state index contributed by atoms with van der Waals surface area (Å²) in [4.78, 5) is 27.4. The average Bonchev–Trinajstić information content (AvgIpc) is 2.64. The number of benzene rings is 1. The third-order valence-electron chi connectivity index (χ3n) is 4.94. The number of likely N-dealkylation sites (tertiary alicyclic amines) is 1. The number of piperidine rings is 1. The largest absolute Gasteiger partial charge is 0.444 e. The molecule has 1 aromatic carbocycles. The molecule has 32 heavy (non-hydrogen) atoms. The van der Waals surface area contributed by atoms with E-state index in [4.69, 9.17) is 4.74 Å². The Morgan fingerprint density at radius 3 is 1.84 bits per heavy atom. The van der Waals surface area contributed by atoms with Crippen molar-refractivity contribution in [2.24, 2.45) is 5.92 Å². The minimum absolute atomic E-state index is 0.0533. The van der Waals surface area contributed by atoms with E-state index in [1.807, 2.05) is 0 Å². The number of carbonyl (C=O) groups excluding carboxylic acids is 2. The van der Waals surface area contributed by atoms with Gasteiger partial charge in [0, 0.05) is 32.6 Å². The zero-order valence-electron chi connectivity index (χ0n) is 18.2. The second kappa shape index (κ2) is 9.19. The van der Waals surface area contributed by atoms with Crippen molar-refractivity contribution in [3.8, 4) is 0 Å². The van der Waals surface area contributed by atoms with Crippen LogP contribution in [0.25, 0.3) is 0 Å². The van der Waals surface area contributed by atoms with Gasteiger partial charge in [0.05, 0.1) is 11.1 Å². The fourth-order valence-corrected chi connectivity index (χ4v) is 3.41. The third kappa shape index (κ3) is 7.03. The highest BCUT2D eigenvalue weighted by Gasteiger charge is 2.37. The van der Waals surface area contributed by atoms with Crippen LogP contribution in [0.15, 0.2) is 18.2 Å². The molecule has 2 amide bonds. The molecule has 1 aromatic rings. The molecule has 1 heterocycles. The van der Waals surface area contributed by atoms with Crippen LogP contribution in [0.4, 0.5) is 31.1 Å². The van der Waals surface area contributed by atoms with Gasteiger partial charge in [-0.25, -0.2) is 4.79 Å². The van der Waals surface area contributed by atoms with Crippen LogP contribution in [-0.4, -0.2) is 47.5 Å². The van der Waals surface area contributed by atoms with Crippen molar-refractivity contribution in [3.63, 3.8) is 0 Å². The standard InChI is InChI=1S/C21H26F6N2O3/c1-19(2,3)32-18(31)29-7-5-14(6-8-29)17(30)28(4)12-13-9-15(20(22,23)24)11-16(10-13)21(25,26)27/h9-11,14H,5-8,12H2,1-4H3. The normalized spacial score (nSPS) is 16.1. The monoisotopic (exact) mass is 468 g/mol. The highest BCUT2D eigenvalue weighted by atomic mass is 19.4. The summed E-state index contributed by atoms with van der Waals surface area (Å²) < 4.78 is 83.5. The number of hydrogen-bond donors (Lipinski definition) is 0. The van der Waals surface area contributed by atoms with Crippen molar-refractivity contribution in [2.75, 3.05) is 20.1 Å². The van der Waals surface area contributed by atoms with Gasteiger partial charge < -0.3 is 14.5 Å². The van der Waals surface area contributed by atoms with E-state index in [2.05, 4.69) is 0 Å². The predicted molar refractivity (Wildman–Crippen MR) is 103 cm³/mol. The molecule has 11 heteroatoms. The summed E-state index contributed by atoms with van der Waals surface area (Å²) in [5.74, 6) is -0.897. The van der Waals surface area contributed by atoms with Gasteiger partial charge >= 0.3 is 18.4 Å². The van der Waals surface area contributed by atoms with Crippen molar-refractivity contribution in [1.29, 1.82) is 0 Å². The molecule has 1 aliphatic heterocycles. The molecule has 0 aliphatic carbocycles. The molecule has 0 unspecified atom stereocenters. The molecule has 0 spiro atoms. The predicted octanol–water partition coefficient (Wildman–Crippen LogP) is 5.33. The van der Waals surface area contributed by atoms with Gasteiger partial charge in [0.2, 0.25) is 5.91 Å². The molecule has 2 rings (SSSR count). The first-order chi connectivity index (χ1) is 14.5. The third-order valence-corrected chi connectivity index (χ3v) is 4.94. The first-order valence-electron chi connectivity index (χ1n) is 9.98. The van der Waals surface area contributed by atoms with E-state index in [0.29, 0.717) is 25.0 Å². The molecule has 0 radical (unpaired) electrons. The van der Waals surface area contributed by atoms with E-state index in [1.165, 1.54) is 11.9 Å². The minimum atomic E-state index is -4.95. The van der Waals surface area contributed by atoms with E-state index >= 15 is 0 Å². The molecule has 1 fully saturated rings. The average molecular weight is 468 g/mol. The van der Waals surface area contributed by atoms with Crippen LogP contribution in [0, 0.1) is 5.92 Å². The van der Waals surface area contributed by atoms with Crippen LogP contribution in [0.3, 0.4) is 0 Å². The lowest BCUT2D eigenvalue weighted by molar-refractivity contribution is -0.143. The maximum absolute atomic E-state index is 13.0. The van der Waals surface area contributed by atoms with Gasteiger partial charge in [-0.2, -0.15) is 26.3 Å². The quantitative estimate of drug-likeness (QED) is 0.564. The SMILES string of the molecule is CN(Cc1cc(C(F)(F)F)cc(C(F)(F)F)c1)C(=O)C1CCN(C(=O)OC(C)(C)C)CC1. The van der Waals surface area contributed by atoms with Gasteiger partial charge in [-0.15, -0.1) is 0 Å². The van der Waals surface area contributed by atoms with Crippen molar-refractivity contribution in [2.45, 2.75) is 58.1 Å². The Labute approximate surface area is 182 Å². The lowest BCUT2D eigenvalue weighted by Gasteiger charge is -2.34. The summed E-state index contributed by atoms with van der Waals surface area (Å²) in [6, 6.07) is 1.28. The summed E-state index contributed by atoms with van der Waals surface area (Å²) >= 11 is 0. The number of halogens is 6. The summed E-state index contributed by atoms with van der Waals surface area (Å²) in [6.45, 7) is 5.32. The molecule has 0 saturated carbocycles. The van der Waals surface area contributed by atoms with E-state index in [-0.39, 0.29) is 24.7 Å². The second-order valence-electron chi connectivity index (χ2n) is 8.85. The van der Waals surface area contributed by atoms with E-state index in [0.717, 1.165) is 4.90 Å². The summed E-state index contributed by atoms with van der Waals surface area (Å²) in [6.07, 6.45) is -9.77. The van der Waals surface area contributed by atoms with Gasteiger partial charge in [-0.1, -0.05) is 0 Å². The summed E-state index contributed by atoms with van der Waals surface area (Å²) in [5.41, 5.74) is -3.78. The number of carbonyl (C=O) groups is 2. The molecular weight excluding hydrogens is 442 g/mol. The van der Waals surface area contributed by atoms with E-state index in [9.17, 15) is 35.9 Å². The van der Waals surface area contributed by atoms with Gasteiger partial charge in [0.15, 0.2) is 0 Å². The molecule has 5 nitrogen and oxygen atoms in total. The highest BCUT2D eigenvalue weighted by molar-refractivity contribution is 5.79. The van der Waals surface area contributed by atoms with Gasteiger partial charge in [0.25, 0.3) is 0 Å². The first kappa shape index (κ1) is 25.8. The molecule has 0 bridgehead atoms. The zero-order valence-corrected chi connectivity index (χ0v) is 18.2. The number of amides is 2. The van der Waals surface area contributed by atoms with Gasteiger partial charge in [-0.05, 0) is 57.4 Å². The van der Waals surface area contributed by atoms with Crippen molar-refractivity contribution < 1.29 is 40.7 Å². The smallest absolute Gasteiger partial charge is 0.416 e. The maximum Gasteiger partial charge on any atom is 0.416 e. The molecule has 0 aromatic heterocycles. The Kier molecular flexibility index (Phi) is 7.41. The van der Waals surface area contributed by atoms with Crippen LogP contribution in [0.2, 0.25) is 0 Å². The second-order valence-corrected chi connectivity index (χ2v) is 8.85. The van der Waals surface area contributed by atoms with Crippen LogP contribution in [-0.2, 0) is 28.4 Å². The number of ether oxygens (including phenoxy) is 1. The molecule has 1 aliphatic rings.